The number of alkyl halides is 2. The van der Waals surface area contributed by atoms with Crippen LogP contribution in [0.1, 0.15) is 18.4 Å². The summed E-state index contributed by atoms with van der Waals surface area (Å²) in [5, 5.41) is 8.52. The molecule has 0 bridgehead atoms. The lowest BCUT2D eigenvalue weighted by molar-refractivity contribution is -0.137. The molecule has 0 aliphatic rings. The Balaban J connectivity index is 2.37. The molecule has 0 heterocycles. The lowest BCUT2D eigenvalue weighted by atomic mass is 10.2. The van der Waals surface area contributed by atoms with E-state index in [9.17, 15) is 13.6 Å². The SMILES string of the molecule is CN(CCCC(=O)O)Cc1ccc(OC(F)F)cc1. The van der Waals surface area contributed by atoms with Gasteiger partial charge in [0, 0.05) is 13.0 Å². The van der Waals surface area contributed by atoms with Gasteiger partial charge < -0.3 is 14.7 Å². The molecular weight excluding hydrogens is 256 g/mol. The summed E-state index contributed by atoms with van der Waals surface area (Å²) in [7, 11) is 1.88. The Hall–Kier alpha value is -1.69. The molecule has 0 saturated carbocycles. The van der Waals surface area contributed by atoms with Crippen LogP contribution < -0.4 is 4.74 Å². The van der Waals surface area contributed by atoms with Gasteiger partial charge in [0.05, 0.1) is 0 Å². The van der Waals surface area contributed by atoms with Gasteiger partial charge in [-0.1, -0.05) is 12.1 Å². The highest BCUT2D eigenvalue weighted by atomic mass is 19.3. The Labute approximate surface area is 110 Å². The van der Waals surface area contributed by atoms with E-state index in [2.05, 4.69) is 4.74 Å². The van der Waals surface area contributed by atoms with Gasteiger partial charge in [-0.05, 0) is 37.7 Å². The number of carboxylic acids is 1. The molecule has 1 aromatic rings. The fourth-order valence-corrected chi connectivity index (χ4v) is 1.67. The monoisotopic (exact) mass is 273 g/mol. The number of ether oxygens (including phenoxy) is 1. The highest BCUT2D eigenvalue weighted by Crippen LogP contribution is 2.15. The fraction of sp³-hybridized carbons (Fsp3) is 0.462. The Bertz CT molecular complexity index is 395. The number of nitrogens with zero attached hydrogens (tertiary/aromatic N) is 1. The lowest BCUT2D eigenvalue weighted by Crippen LogP contribution is -2.19. The number of carboxylic acid groups (broad SMARTS) is 1. The van der Waals surface area contributed by atoms with Crippen LogP contribution in [0.3, 0.4) is 0 Å². The topological polar surface area (TPSA) is 49.8 Å². The minimum absolute atomic E-state index is 0.132. The molecule has 4 nitrogen and oxygen atoms in total. The lowest BCUT2D eigenvalue weighted by Gasteiger charge is -2.16. The third-order valence-electron chi connectivity index (χ3n) is 2.53. The van der Waals surface area contributed by atoms with Crippen molar-refractivity contribution >= 4 is 5.97 Å². The second kappa shape index (κ2) is 7.68. The molecule has 0 unspecified atom stereocenters. The molecule has 0 fully saturated rings. The van der Waals surface area contributed by atoms with Crippen molar-refractivity contribution in [3.8, 4) is 5.75 Å². The van der Waals surface area contributed by atoms with Crippen LogP contribution in [-0.4, -0.2) is 36.2 Å². The van der Waals surface area contributed by atoms with Gasteiger partial charge in [-0.2, -0.15) is 8.78 Å². The van der Waals surface area contributed by atoms with E-state index in [0.717, 1.165) is 5.56 Å². The zero-order chi connectivity index (χ0) is 14.3. The largest absolute Gasteiger partial charge is 0.481 e. The first-order valence-corrected chi connectivity index (χ1v) is 5.91. The zero-order valence-electron chi connectivity index (χ0n) is 10.7. The van der Waals surface area contributed by atoms with Crippen LogP contribution in [0.15, 0.2) is 24.3 Å². The van der Waals surface area contributed by atoms with Crippen molar-refractivity contribution in [3.05, 3.63) is 29.8 Å². The number of hydrogen-bond acceptors (Lipinski definition) is 3. The molecule has 0 saturated heterocycles. The van der Waals surface area contributed by atoms with Crippen LogP contribution >= 0.6 is 0 Å². The first-order chi connectivity index (χ1) is 8.97. The quantitative estimate of drug-likeness (QED) is 0.791. The highest BCUT2D eigenvalue weighted by Gasteiger charge is 2.05. The van der Waals surface area contributed by atoms with Gasteiger partial charge in [0.1, 0.15) is 5.75 Å². The number of hydrogen-bond donors (Lipinski definition) is 1. The minimum Gasteiger partial charge on any atom is -0.481 e. The molecule has 0 atom stereocenters. The van der Waals surface area contributed by atoms with Crippen LogP contribution in [0.2, 0.25) is 0 Å². The molecule has 0 aliphatic carbocycles. The van der Waals surface area contributed by atoms with Crippen molar-refractivity contribution in [1.82, 2.24) is 4.90 Å². The molecule has 6 heteroatoms. The standard InChI is InChI=1S/C13H17F2NO3/c1-16(8-2-3-12(17)18)9-10-4-6-11(7-5-10)19-13(14)15/h4-7,13H,2-3,8-9H2,1H3,(H,17,18). The van der Waals surface area contributed by atoms with Crippen LogP contribution in [0.5, 0.6) is 5.75 Å². The summed E-state index contributed by atoms with van der Waals surface area (Å²) in [6, 6.07) is 6.41. The maximum absolute atomic E-state index is 12.0. The summed E-state index contributed by atoms with van der Waals surface area (Å²) < 4.78 is 28.2. The Kier molecular flexibility index (Phi) is 6.21. The van der Waals surface area contributed by atoms with Gasteiger partial charge in [-0.3, -0.25) is 4.79 Å². The summed E-state index contributed by atoms with van der Waals surface area (Å²) in [6.07, 6.45) is 0.726. The van der Waals surface area contributed by atoms with Gasteiger partial charge in [0.2, 0.25) is 0 Å². The predicted octanol–water partition coefficient (Wildman–Crippen LogP) is 2.58. The second-order valence-corrected chi connectivity index (χ2v) is 4.26. The van der Waals surface area contributed by atoms with Crippen molar-refractivity contribution in [1.29, 1.82) is 0 Å². The average molecular weight is 273 g/mol. The van der Waals surface area contributed by atoms with Crippen LogP contribution in [0.25, 0.3) is 0 Å². The second-order valence-electron chi connectivity index (χ2n) is 4.26. The summed E-state index contributed by atoms with van der Waals surface area (Å²) in [4.78, 5) is 12.3. The van der Waals surface area contributed by atoms with Gasteiger partial charge in [0.15, 0.2) is 0 Å². The average Bonchev–Trinajstić information content (AvgIpc) is 2.30. The predicted molar refractivity (Wildman–Crippen MR) is 66.3 cm³/mol. The molecule has 0 amide bonds. The first-order valence-electron chi connectivity index (χ1n) is 5.91. The van der Waals surface area contributed by atoms with E-state index >= 15 is 0 Å². The molecule has 0 aliphatic heterocycles. The Morgan fingerprint density at radius 2 is 2.00 bits per heavy atom. The van der Waals surface area contributed by atoms with E-state index in [1.54, 1.807) is 12.1 Å². The van der Waals surface area contributed by atoms with E-state index in [-0.39, 0.29) is 12.2 Å². The summed E-state index contributed by atoms with van der Waals surface area (Å²) in [6.45, 7) is -1.51. The molecule has 0 radical (unpaired) electrons. The third-order valence-corrected chi connectivity index (χ3v) is 2.53. The zero-order valence-corrected chi connectivity index (χ0v) is 10.7. The number of aliphatic carboxylic acids is 1. The van der Waals surface area contributed by atoms with Crippen molar-refractivity contribution in [2.24, 2.45) is 0 Å². The minimum atomic E-state index is -2.82. The molecule has 1 rings (SSSR count). The van der Waals surface area contributed by atoms with Crippen molar-refractivity contribution in [2.75, 3.05) is 13.6 Å². The van der Waals surface area contributed by atoms with E-state index in [4.69, 9.17) is 5.11 Å². The van der Waals surface area contributed by atoms with E-state index in [0.29, 0.717) is 19.5 Å². The van der Waals surface area contributed by atoms with Gasteiger partial charge in [0.25, 0.3) is 0 Å². The molecular formula is C13H17F2NO3. The van der Waals surface area contributed by atoms with Crippen molar-refractivity contribution < 1.29 is 23.4 Å². The van der Waals surface area contributed by atoms with E-state index in [1.807, 2.05) is 11.9 Å². The normalized spacial score (nSPS) is 11.0. The van der Waals surface area contributed by atoms with Crippen molar-refractivity contribution in [2.45, 2.75) is 26.0 Å². The smallest absolute Gasteiger partial charge is 0.387 e. The summed E-state index contributed by atoms with van der Waals surface area (Å²) >= 11 is 0. The number of carbonyl (C=O) groups is 1. The number of benzene rings is 1. The van der Waals surface area contributed by atoms with E-state index < -0.39 is 12.6 Å². The van der Waals surface area contributed by atoms with Crippen LogP contribution in [0, 0.1) is 0 Å². The van der Waals surface area contributed by atoms with E-state index in [1.165, 1.54) is 12.1 Å². The van der Waals surface area contributed by atoms with Crippen LogP contribution in [0.4, 0.5) is 8.78 Å². The molecule has 1 aromatic carbocycles. The number of rotatable bonds is 8. The van der Waals surface area contributed by atoms with Crippen molar-refractivity contribution in [3.63, 3.8) is 0 Å². The Morgan fingerprint density at radius 1 is 1.37 bits per heavy atom. The van der Waals surface area contributed by atoms with Gasteiger partial charge in [-0.15, -0.1) is 0 Å². The maximum atomic E-state index is 12.0. The summed E-state index contributed by atoms with van der Waals surface area (Å²) in [5.41, 5.74) is 0.958. The van der Waals surface area contributed by atoms with Gasteiger partial charge in [-0.25, -0.2) is 0 Å². The third kappa shape index (κ3) is 6.71. The molecule has 0 spiro atoms. The highest BCUT2D eigenvalue weighted by molar-refractivity contribution is 5.66. The fourth-order valence-electron chi connectivity index (χ4n) is 1.67. The molecule has 1 N–H and O–H groups in total. The first kappa shape index (κ1) is 15.4. The Morgan fingerprint density at radius 3 is 2.53 bits per heavy atom. The molecule has 106 valence electrons. The number of halogens is 2. The van der Waals surface area contributed by atoms with Crippen LogP contribution in [-0.2, 0) is 11.3 Å². The molecule has 19 heavy (non-hydrogen) atoms. The molecule has 0 aromatic heterocycles. The summed E-state index contributed by atoms with van der Waals surface area (Å²) in [5.74, 6) is -0.672. The maximum Gasteiger partial charge on any atom is 0.387 e. The van der Waals surface area contributed by atoms with Gasteiger partial charge >= 0.3 is 12.6 Å².